The van der Waals surface area contributed by atoms with E-state index in [-0.39, 0.29) is 0 Å². The summed E-state index contributed by atoms with van der Waals surface area (Å²) in [6.07, 6.45) is 8.58. The summed E-state index contributed by atoms with van der Waals surface area (Å²) < 4.78 is 7.96. The average molecular weight is 447 g/mol. The van der Waals surface area contributed by atoms with Crippen LogP contribution >= 0.6 is 0 Å². The number of aliphatic carboxylic acids is 1. The molecule has 2 aromatic carbocycles. The molecule has 0 saturated carbocycles. The number of carboxylic acids is 1. The highest BCUT2D eigenvalue weighted by molar-refractivity contribution is 5.85. The summed E-state index contributed by atoms with van der Waals surface area (Å²) in [6.45, 7) is 7.78. The lowest BCUT2D eigenvalue weighted by molar-refractivity contribution is -0.131. The molecule has 1 saturated heterocycles. The van der Waals surface area contributed by atoms with Crippen LogP contribution in [0.4, 0.5) is 0 Å². The Morgan fingerprint density at radius 1 is 1.09 bits per heavy atom. The highest BCUT2D eigenvalue weighted by Crippen LogP contribution is 2.34. The van der Waals surface area contributed by atoms with Gasteiger partial charge in [0.25, 0.3) is 0 Å². The monoisotopic (exact) mass is 446 g/mol. The molecule has 33 heavy (non-hydrogen) atoms. The lowest BCUT2D eigenvalue weighted by atomic mass is 9.89. The first-order chi connectivity index (χ1) is 16.1. The van der Waals surface area contributed by atoms with E-state index in [4.69, 9.17) is 9.84 Å². The third-order valence-electron chi connectivity index (χ3n) is 6.64. The number of fused-ring (bicyclic) bond motifs is 1. The number of benzene rings is 2. The van der Waals surface area contributed by atoms with Gasteiger partial charge in [0.1, 0.15) is 0 Å². The first kappa shape index (κ1) is 23.3. The molecule has 0 atom stereocenters. The molecule has 0 bridgehead atoms. The Kier molecular flexibility index (Phi) is 7.97. The number of rotatable bonds is 10. The number of aromatic nitrogens is 1. The van der Waals surface area contributed by atoms with Crippen LogP contribution in [-0.4, -0.2) is 53.4 Å². The molecule has 3 aromatic rings. The van der Waals surface area contributed by atoms with Gasteiger partial charge < -0.3 is 19.3 Å². The van der Waals surface area contributed by atoms with Gasteiger partial charge in [0.15, 0.2) is 0 Å². The Morgan fingerprint density at radius 2 is 1.85 bits per heavy atom. The van der Waals surface area contributed by atoms with Crippen molar-refractivity contribution in [1.82, 2.24) is 9.47 Å². The van der Waals surface area contributed by atoms with E-state index in [1.807, 2.05) is 19.1 Å². The predicted octanol–water partition coefficient (Wildman–Crippen LogP) is 5.20. The van der Waals surface area contributed by atoms with Crippen molar-refractivity contribution in [3.63, 3.8) is 0 Å². The molecule has 2 heterocycles. The summed E-state index contributed by atoms with van der Waals surface area (Å²) in [5.74, 6) is -0.308. The van der Waals surface area contributed by atoms with Crippen molar-refractivity contribution in [2.45, 2.75) is 38.6 Å². The van der Waals surface area contributed by atoms with Crippen LogP contribution in [0.25, 0.3) is 17.0 Å². The topological polar surface area (TPSA) is 54.7 Å². The maximum absolute atomic E-state index is 10.7. The Hall–Kier alpha value is -2.89. The smallest absolute Gasteiger partial charge is 0.328 e. The van der Waals surface area contributed by atoms with Crippen LogP contribution in [0.3, 0.4) is 0 Å². The standard InChI is InChI=1S/C28H34N2O3/c1-2-33-20-19-30-21-26(25-5-3-4-6-27(25)30)24-14-17-29(18-15-24)16-13-23-9-7-22(8-10-23)11-12-28(31)32/h3-12,21,24H,2,13-20H2,1H3,(H,31,32). The molecule has 1 aliphatic heterocycles. The van der Waals surface area contributed by atoms with Crippen molar-refractivity contribution in [2.75, 3.05) is 32.8 Å². The molecular formula is C28H34N2O3. The number of carbonyl (C=O) groups is 1. The van der Waals surface area contributed by atoms with E-state index in [0.717, 1.165) is 51.4 Å². The molecule has 1 fully saturated rings. The second-order valence-electron chi connectivity index (χ2n) is 8.77. The number of piperidine rings is 1. The van der Waals surface area contributed by atoms with Crippen molar-refractivity contribution < 1.29 is 14.6 Å². The fourth-order valence-electron chi connectivity index (χ4n) is 4.81. The minimum absolute atomic E-state index is 0.611. The van der Waals surface area contributed by atoms with Gasteiger partial charge >= 0.3 is 5.97 Å². The van der Waals surface area contributed by atoms with E-state index >= 15 is 0 Å². The van der Waals surface area contributed by atoms with Crippen LogP contribution in [0.15, 0.2) is 60.8 Å². The lowest BCUT2D eigenvalue weighted by Crippen LogP contribution is -2.34. The van der Waals surface area contributed by atoms with Gasteiger partial charge in [-0.3, -0.25) is 0 Å². The maximum atomic E-state index is 10.7. The zero-order chi connectivity index (χ0) is 23.0. The molecule has 0 unspecified atom stereocenters. The molecule has 4 rings (SSSR count). The molecule has 0 aliphatic carbocycles. The summed E-state index contributed by atoms with van der Waals surface area (Å²) >= 11 is 0. The summed E-state index contributed by atoms with van der Waals surface area (Å²) in [5, 5.41) is 10.1. The third-order valence-corrected chi connectivity index (χ3v) is 6.64. The quantitative estimate of drug-likeness (QED) is 0.344. The number of carboxylic acid groups (broad SMARTS) is 1. The molecule has 1 aliphatic rings. The Labute approximate surface area is 196 Å². The van der Waals surface area contributed by atoms with Crippen LogP contribution < -0.4 is 0 Å². The third kappa shape index (κ3) is 6.12. The summed E-state index contributed by atoms with van der Waals surface area (Å²) in [5.41, 5.74) is 5.02. The van der Waals surface area contributed by atoms with Gasteiger partial charge in [-0.2, -0.15) is 0 Å². The number of para-hydroxylation sites is 1. The Morgan fingerprint density at radius 3 is 2.58 bits per heavy atom. The van der Waals surface area contributed by atoms with Crippen molar-refractivity contribution in [1.29, 1.82) is 0 Å². The van der Waals surface area contributed by atoms with Crippen molar-refractivity contribution in [3.05, 3.63) is 77.5 Å². The van der Waals surface area contributed by atoms with Crippen molar-refractivity contribution in [2.24, 2.45) is 0 Å². The van der Waals surface area contributed by atoms with Crippen LogP contribution in [0.2, 0.25) is 0 Å². The van der Waals surface area contributed by atoms with E-state index in [9.17, 15) is 4.79 Å². The van der Waals surface area contributed by atoms with Gasteiger partial charge in [-0.05, 0) is 74.0 Å². The van der Waals surface area contributed by atoms with Gasteiger partial charge in [-0.15, -0.1) is 0 Å². The highest BCUT2D eigenvalue weighted by atomic mass is 16.5. The average Bonchev–Trinajstić information content (AvgIpc) is 3.21. The van der Waals surface area contributed by atoms with E-state index in [0.29, 0.717) is 5.92 Å². The van der Waals surface area contributed by atoms with Gasteiger partial charge in [-0.1, -0.05) is 42.5 Å². The molecule has 0 radical (unpaired) electrons. The van der Waals surface area contributed by atoms with Crippen molar-refractivity contribution >= 4 is 22.9 Å². The number of likely N-dealkylation sites (tertiary alicyclic amines) is 1. The zero-order valence-corrected chi connectivity index (χ0v) is 19.5. The second kappa shape index (κ2) is 11.3. The number of ether oxygens (including phenoxy) is 1. The highest BCUT2D eigenvalue weighted by Gasteiger charge is 2.23. The molecular weight excluding hydrogens is 412 g/mol. The molecule has 1 N–H and O–H groups in total. The van der Waals surface area contributed by atoms with Crippen LogP contribution in [0.1, 0.15) is 42.4 Å². The van der Waals surface area contributed by atoms with Gasteiger partial charge in [0, 0.05) is 42.9 Å². The van der Waals surface area contributed by atoms with E-state index in [1.54, 1.807) is 6.08 Å². The predicted molar refractivity (Wildman–Crippen MR) is 134 cm³/mol. The number of hydrogen-bond donors (Lipinski definition) is 1. The zero-order valence-electron chi connectivity index (χ0n) is 19.5. The summed E-state index contributed by atoms with van der Waals surface area (Å²) in [7, 11) is 0. The molecule has 0 spiro atoms. The molecule has 0 amide bonds. The van der Waals surface area contributed by atoms with E-state index < -0.39 is 5.97 Å². The minimum Gasteiger partial charge on any atom is -0.478 e. The van der Waals surface area contributed by atoms with Gasteiger partial charge in [0.2, 0.25) is 0 Å². The summed E-state index contributed by atoms with van der Waals surface area (Å²) in [4.78, 5) is 13.2. The fourth-order valence-corrected chi connectivity index (χ4v) is 4.81. The largest absolute Gasteiger partial charge is 0.478 e. The molecule has 5 nitrogen and oxygen atoms in total. The van der Waals surface area contributed by atoms with Crippen LogP contribution in [-0.2, 0) is 22.5 Å². The van der Waals surface area contributed by atoms with Crippen molar-refractivity contribution in [3.8, 4) is 0 Å². The minimum atomic E-state index is -0.919. The number of nitrogens with zero attached hydrogens (tertiary/aromatic N) is 2. The van der Waals surface area contributed by atoms with Crippen LogP contribution in [0, 0.1) is 0 Å². The first-order valence-corrected chi connectivity index (χ1v) is 12.0. The maximum Gasteiger partial charge on any atom is 0.328 e. The van der Waals surface area contributed by atoms with Gasteiger partial charge in [-0.25, -0.2) is 4.79 Å². The van der Waals surface area contributed by atoms with E-state index in [1.165, 1.54) is 40.9 Å². The second-order valence-corrected chi connectivity index (χ2v) is 8.77. The molecule has 5 heteroatoms. The van der Waals surface area contributed by atoms with Gasteiger partial charge in [0.05, 0.1) is 6.61 Å². The molecule has 174 valence electrons. The summed E-state index contributed by atoms with van der Waals surface area (Å²) in [6, 6.07) is 16.9. The van der Waals surface area contributed by atoms with E-state index in [2.05, 4.69) is 52.1 Å². The fraction of sp³-hybridized carbons (Fsp3) is 0.393. The van der Waals surface area contributed by atoms with Crippen LogP contribution in [0.5, 0.6) is 0 Å². The normalized spacial score (nSPS) is 15.5. The molecule has 1 aromatic heterocycles. The number of hydrogen-bond acceptors (Lipinski definition) is 3. The Balaban J connectivity index is 1.32. The Bertz CT molecular complexity index is 1080. The first-order valence-electron chi connectivity index (χ1n) is 12.0. The lowest BCUT2D eigenvalue weighted by Gasteiger charge is -2.32. The SMILES string of the molecule is CCOCCn1cc(C2CCN(CCc3ccc(C=CC(=O)O)cc3)CC2)c2ccccc21.